The molecule has 0 saturated carbocycles. The molecule has 3 heterocycles. The zero-order chi connectivity index (χ0) is 34.4. The van der Waals surface area contributed by atoms with Crippen molar-refractivity contribution in [2.24, 2.45) is 0 Å². The van der Waals surface area contributed by atoms with Crippen LogP contribution in [0.15, 0.2) is 182 Å². The molecule has 7 aromatic carbocycles. The molecule has 0 aliphatic heterocycles. The van der Waals surface area contributed by atoms with Gasteiger partial charge in [0.15, 0.2) is 5.82 Å². The molecule has 0 N–H and O–H groups in total. The molecule has 244 valence electrons. The standard InChI is InChI=1S/C47H30N4S/c1-3-11-32(12-4-1)41-30-42(33-21-19-31(20-22-33)36-27-28-45-39(29-36)38-15-7-10-18-44(38)52-45)49-46(48-41)34-23-25-35(26-24-34)47-50-40-16-8-9-17-43(40)51(47)37-13-5-2-6-14-37/h1-30H. The number of hydrogen-bond donors (Lipinski definition) is 0. The van der Waals surface area contributed by atoms with Crippen LogP contribution in [0.2, 0.25) is 0 Å². The number of hydrogen-bond acceptors (Lipinski definition) is 4. The molecule has 0 atom stereocenters. The molecule has 0 aliphatic rings. The van der Waals surface area contributed by atoms with Crippen molar-refractivity contribution in [3.05, 3.63) is 182 Å². The highest BCUT2D eigenvalue weighted by Gasteiger charge is 2.16. The molecule has 4 nitrogen and oxygen atoms in total. The summed E-state index contributed by atoms with van der Waals surface area (Å²) in [5, 5.41) is 2.62. The van der Waals surface area contributed by atoms with Crippen LogP contribution in [0.1, 0.15) is 0 Å². The van der Waals surface area contributed by atoms with E-state index in [2.05, 4.69) is 156 Å². The Morgan fingerprint density at radius 1 is 0.385 bits per heavy atom. The van der Waals surface area contributed by atoms with Crippen LogP contribution >= 0.6 is 11.3 Å². The summed E-state index contributed by atoms with van der Waals surface area (Å²) in [4.78, 5) is 15.3. The van der Waals surface area contributed by atoms with Crippen molar-refractivity contribution in [1.29, 1.82) is 0 Å². The van der Waals surface area contributed by atoms with E-state index in [9.17, 15) is 0 Å². The van der Waals surface area contributed by atoms with E-state index in [1.54, 1.807) is 0 Å². The van der Waals surface area contributed by atoms with Crippen molar-refractivity contribution in [3.8, 4) is 62.1 Å². The van der Waals surface area contributed by atoms with Crippen molar-refractivity contribution in [1.82, 2.24) is 19.5 Å². The summed E-state index contributed by atoms with van der Waals surface area (Å²) in [5.41, 5.74) is 11.3. The topological polar surface area (TPSA) is 43.6 Å². The first-order valence-electron chi connectivity index (χ1n) is 17.4. The molecule has 0 radical (unpaired) electrons. The first-order chi connectivity index (χ1) is 25.7. The van der Waals surface area contributed by atoms with Gasteiger partial charge in [-0.1, -0.05) is 133 Å². The minimum absolute atomic E-state index is 0.679. The molecule has 0 bridgehead atoms. The maximum atomic E-state index is 5.14. The van der Waals surface area contributed by atoms with Crippen LogP contribution in [0.4, 0.5) is 0 Å². The summed E-state index contributed by atoms with van der Waals surface area (Å²) in [6.07, 6.45) is 0. The van der Waals surface area contributed by atoms with Crippen molar-refractivity contribution >= 4 is 42.5 Å². The molecule has 52 heavy (non-hydrogen) atoms. The first kappa shape index (κ1) is 30.2. The minimum atomic E-state index is 0.679. The average Bonchev–Trinajstić information content (AvgIpc) is 3.80. The molecule has 10 aromatic rings. The summed E-state index contributed by atoms with van der Waals surface area (Å²) in [5.74, 6) is 1.57. The Kier molecular flexibility index (Phi) is 7.29. The zero-order valence-electron chi connectivity index (χ0n) is 28.0. The van der Waals surface area contributed by atoms with Crippen molar-refractivity contribution in [2.75, 3.05) is 0 Å². The van der Waals surface area contributed by atoms with E-state index in [0.29, 0.717) is 5.82 Å². The van der Waals surface area contributed by atoms with Crippen LogP contribution < -0.4 is 0 Å². The number of aromatic nitrogens is 4. The highest BCUT2D eigenvalue weighted by Crippen LogP contribution is 2.37. The maximum Gasteiger partial charge on any atom is 0.160 e. The van der Waals surface area contributed by atoms with E-state index in [-0.39, 0.29) is 0 Å². The summed E-state index contributed by atoms with van der Waals surface area (Å²) in [6.45, 7) is 0. The summed E-state index contributed by atoms with van der Waals surface area (Å²) in [7, 11) is 0. The van der Waals surface area contributed by atoms with Crippen molar-refractivity contribution in [3.63, 3.8) is 0 Å². The third-order valence-electron chi connectivity index (χ3n) is 9.66. The summed E-state index contributed by atoms with van der Waals surface area (Å²) >= 11 is 1.85. The predicted molar refractivity (Wildman–Crippen MR) is 217 cm³/mol. The maximum absolute atomic E-state index is 5.14. The summed E-state index contributed by atoms with van der Waals surface area (Å²) in [6, 6.07) is 63.7. The smallest absolute Gasteiger partial charge is 0.160 e. The van der Waals surface area contributed by atoms with E-state index in [4.69, 9.17) is 15.0 Å². The Bertz CT molecular complexity index is 2870. The molecular weight excluding hydrogens is 653 g/mol. The Morgan fingerprint density at radius 3 is 1.75 bits per heavy atom. The fourth-order valence-electron chi connectivity index (χ4n) is 7.05. The van der Waals surface area contributed by atoms with Gasteiger partial charge in [-0.25, -0.2) is 15.0 Å². The Labute approximate surface area is 305 Å². The van der Waals surface area contributed by atoms with Crippen LogP contribution in [0.25, 0.3) is 93.3 Å². The minimum Gasteiger partial charge on any atom is -0.292 e. The fourth-order valence-corrected chi connectivity index (χ4v) is 8.13. The molecule has 3 aromatic heterocycles. The highest BCUT2D eigenvalue weighted by atomic mass is 32.1. The van der Waals surface area contributed by atoms with Crippen molar-refractivity contribution in [2.45, 2.75) is 0 Å². The number of imidazole rings is 1. The quantitative estimate of drug-likeness (QED) is 0.175. The van der Waals surface area contributed by atoms with Gasteiger partial charge in [0.25, 0.3) is 0 Å². The highest BCUT2D eigenvalue weighted by molar-refractivity contribution is 7.25. The van der Waals surface area contributed by atoms with Gasteiger partial charge in [0.05, 0.1) is 22.4 Å². The summed E-state index contributed by atoms with van der Waals surface area (Å²) < 4.78 is 4.85. The predicted octanol–water partition coefficient (Wildman–Crippen LogP) is 12.5. The molecule has 0 fully saturated rings. The molecule has 0 aliphatic carbocycles. The van der Waals surface area contributed by atoms with Gasteiger partial charge < -0.3 is 0 Å². The number of benzene rings is 7. The van der Waals surface area contributed by atoms with Crippen LogP contribution in [0, 0.1) is 0 Å². The number of nitrogens with zero attached hydrogens (tertiary/aromatic N) is 4. The van der Waals surface area contributed by atoms with E-state index in [1.807, 2.05) is 41.7 Å². The fraction of sp³-hybridized carbons (Fsp3) is 0. The molecule has 0 amide bonds. The van der Waals surface area contributed by atoms with Crippen LogP contribution in [0.5, 0.6) is 0 Å². The third kappa shape index (κ3) is 5.36. The van der Waals surface area contributed by atoms with Crippen molar-refractivity contribution < 1.29 is 0 Å². The second kappa shape index (κ2) is 12.6. The van der Waals surface area contributed by atoms with Gasteiger partial charge in [-0.3, -0.25) is 4.57 Å². The van der Waals surface area contributed by atoms with Crippen LogP contribution in [-0.4, -0.2) is 19.5 Å². The molecular formula is C47H30N4S. The molecule has 10 rings (SSSR count). The van der Waals surface area contributed by atoms with E-state index >= 15 is 0 Å². The van der Waals surface area contributed by atoms with Crippen LogP contribution in [0.3, 0.4) is 0 Å². The van der Waals surface area contributed by atoms with Gasteiger partial charge in [0.1, 0.15) is 5.82 Å². The average molecular weight is 683 g/mol. The Balaban J connectivity index is 1.03. The zero-order valence-corrected chi connectivity index (χ0v) is 28.8. The molecule has 0 saturated heterocycles. The monoisotopic (exact) mass is 682 g/mol. The lowest BCUT2D eigenvalue weighted by molar-refractivity contribution is 1.10. The molecule has 5 heteroatoms. The first-order valence-corrected chi connectivity index (χ1v) is 18.2. The van der Waals surface area contributed by atoms with Crippen LogP contribution in [-0.2, 0) is 0 Å². The number of para-hydroxylation sites is 3. The SMILES string of the molecule is c1ccc(-c2cc(-c3ccc(-c4ccc5sc6ccccc6c5c4)cc3)nc(-c3ccc(-c4nc5ccccc5n4-c4ccccc4)cc3)n2)cc1. The number of thiophene rings is 1. The van der Waals surface area contributed by atoms with Gasteiger partial charge >= 0.3 is 0 Å². The lowest BCUT2D eigenvalue weighted by atomic mass is 10.00. The van der Waals surface area contributed by atoms with E-state index in [1.165, 1.54) is 31.3 Å². The van der Waals surface area contributed by atoms with Gasteiger partial charge in [0.2, 0.25) is 0 Å². The number of fused-ring (bicyclic) bond motifs is 4. The number of rotatable bonds is 6. The Morgan fingerprint density at radius 2 is 0.962 bits per heavy atom. The van der Waals surface area contributed by atoms with E-state index < -0.39 is 0 Å². The van der Waals surface area contributed by atoms with Gasteiger partial charge in [0, 0.05) is 48.1 Å². The normalized spacial score (nSPS) is 11.5. The third-order valence-corrected chi connectivity index (χ3v) is 10.8. The largest absolute Gasteiger partial charge is 0.292 e. The molecule has 0 unspecified atom stereocenters. The second-order valence-electron chi connectivity index (χ2n) is 12.9. The van der Waals surface area contributed by atoms with Gasteiger partial charge in [-0.2, -0.15) is 0 Å². The second-order valence-corrected chi connectivity index (χ2v) is 14.0. The lowest BCUT2D eigenvalue weighted by Crippen LogP contribution is -1.98. The Hall–Kier alpha value is -6.69. The van der Waals surface area contributed by atoms with E-state index in [0.717, 1.165) is 56.2 Å². The lowest BCUT2D eigenvalue weighted by Gasteiger charge is -2.12. The van der Waals surface area contributed by atoms with Gasteiger partial charge in [-0.05, 0) is 59.7 Å². The molecule has 0 spiro atoms. The van der Waals surface area contributed by atoms with Gasteiger partial charge in [-0.15, -0.1) is 11.3 Å².